The van der Waals surface area contributed by atoms with Crippen LogP contribution in [0.5, 0.6) is 5.75 Å². The topological polar surface area (TPSA) is 35.3 Å². The summed E-state index contributed by atoms with van der Waals surface area (Å²) in [5, 5.41) is 5.66. The second-order valence-corrected chi connectivity index (χ2v) is 4.34. The highest BCUT2D eigenvalue weighted by molar-refractivity contribution is 6.31. The van der Waals surface area contributed by atoms with Crippen LogP contribution in [0, 0.1) is 0 Å². The fraction of sp³-hybridized carbons (Fsp3) is 0.0714. The number of benzene rings is 2. The molecule has 0 amide bonds. The average Bonchev–Trinajstić information content (AvgIpc) is 2.82. The van der Waals surface area contributed by atoms with Crippen molar-refractivity contribution in [1.29, 1.82) is 0 Å². The lowest BCUT2D eigenvalue weighted by atomic mass is 10.1. The van der Waals surface area contributed by atoms with Crippen LogP contribution in [0.3, 0.4) is 0 Å². The molecule has 0 N–H and O–H groups in total. The van der Waals surface area contributed by atoms with Gasteiger partial charge in [-0.05, 0) is 42.5 Å². The van der Waals surface area contributed by atoms with Crippen LogP contribution in [0.15, 0.2) is 47.0 Å². The van der Waals surface area contributed by atoms with Gasteiger partial charge in [-0.1, -0.05) is 16.8 Å². The molecule has 1 heterocycles. The molecule has 0 radical (unpaired) electrons. The third-order valence-electron chi connectivity index (χ3n) is 2.80. The number of halogens is 1. The Bertz CT molecular complexity index is 689. The Hall–Kier alpha value is -2.00. The van der Waals surface area contributed by atoms with E-state index in [4.69, 9.17) is 20.9 Å². The van der Waals surface area contributed by atoms with Crippen LogP contribution in [0.1, 0.15) is 0 Å². The standard InChI is InChI=1S/C14H10ClNO2/c1-17-11-5-2-9(3-6-11)14-12-8-10(15)4-7-13(12)18-16-14/h2-8H,1H3. The SMILES string of the molecule is COc1ccc(-c2noc3ccc(Cl)cc23)cc1. The van der Waals surface area contributed by atoms with Gasteiger partial charge in [0.15, 0.2) is 5.58 Å². The van der Waals surface area contributed by atoms with Gasteiger partial charge in [0.2, 0.25) is 0 Å². The van der Waals surface area contributed by atoms with Crippen molar-refractivity contribution < 1.29 is 9.26 Å². The minimum absolute atomic E-state index is 0.667. The van der Waals surface area contributed by atoms with Gasteiger partial charge in [-0.25, -0.2) is 0 Å². The van der Waals surface area contributed by atoms with Gasteiger partial charge in [-0.2, -0.15) is 0 Å². The number of fused-ring (bicyclic) bond motifs is 1. The van der Waals surface area contributed by atoms with E-state index >= 15 is 0 Å². The molecular weight excluding hydrogens is 250 g/mol. The molecule has 18 heavy (non-hydrogen) atoms. The highest BCUT2D eigenvalue weighted by atomic mass is 35.5. The van der Waals surface area contributed by atoms with Crippen LogP contribution < -0.4 is 4.74 Å². The Labute approximate surface area is 109 Å². The summed E-state index contributed by atoms with van der Waals surface area (Å²) in [6.45, 7) is 0. The van der Waals surface area contributed by atoms with Crippen LogP contribution >= 0.6 is 11.6 Å². The monoisotopic (exact) mass is 259 g/mol. The minimum atomic E-state index is 0.667. The zero-order valence-corrected chi connectivity index (χ0v) is 10.4. The van der Waals surface area contributed by atoms with Gasteiger partial charge >= 0.3 is 0 Å². The van der Waals surface area contributed by atoms with Crippen LogP contribution in [-0.2, 0) is 0 Å². The molecule has 0 spiro atoms. The molecular formula is C14H10ClNO2. The summed E-state index contributed by atoms with van der Waals surface area (Å²) in [7, 11) is 1.64. The number of hydrogen-bond donors (Lipinski definition) is 0. The maximum atomic E-state index is 5.99. The highest BCUT2D eigenvalue weighted by Crippen LogP contribution is 2.30. The van der Waals surface area contributed by atoms with Gasteiger partial charge in [0.05, 0.1) is 12.5 Å². The van der Waals surface area contributed by atoms with Crippen molar-refractivity contribution in [2.45, 2.75) is 0 Å². The van der Waals surface area contributed by atoms with Gasteiger partial charge in [-0.3, -0.25) is 0 Å². The van der Waals surface area contributed by atoms with Crippen molar-refractivity contribution in [1.82, 2.24) is 5.16 Å². The second kappa shape index (κ2) is 4.35. The lowest BCUT2D eigenvalue weighted by molar-refractivity contribution is 0.415. The average molecular weight is 260 g/mol. The van der Waals surface area contributed by atoms with Crippen molar-refractivity contribution >= 4 is 22.6 Å². The summed E-state index contributed by atoms with van der Waals surface area (Å²) in [6, 6.07) is 13.1. The van der Waals surface area contributed by atoms with E-state index in [9.17, 15) is 0 Å². The molecule has 90 valence electrons. The van der Waals surface area contributed by atoms with Crippen LogP contribution in [0.25, 0.3) is 22.2 Å². The Morgan fingerprint density at radius 2 is 1.89 bits per heavy atom. The molecule has 3 nitrogen and oxygen atoms in total. The maximum absolute atomic E-state index is 5.99. The van der Waals surface area contributed by atoms with Crippen molar-refractivity contribution in [2.75, 3.05) is 7.11 Å². The van der Waals surface area contributed by atoms with E-state index in [1.165, 1.54) is 0 Å². The molecule has 0 bridgehead atoms. The fourth-order valence-corrected chi connectivity index (χ4v) is 2.04. The van der Waals surface area contributed by atoms with E-state index in [0.717, 1.165) is 28.0 Å². The van der Waals surface area contributed by atoms with Gasteiger partial charge in [0.25, 0.3) is 0 Å². The van der Waals surface area contributed by atoms with E-state index in [-0.39, 0.29) is 0 Å². The molecule has 0 atom stereocenters. The first-order chi connectivity index (χ1) is 8.78. The molecule has 0 saturated carbocycles. The van der Waals surface area contributed by atoms with Crippen LogP contribution in [0.4, 0.5) is 0 Å². The Morgan fingerprint density at radius 1 is 1.11 bits per heavy atom. The first-order valence-corrected chi connectivity index (χ1v) is 5.85. The first-order valence-electron chi connectivity index (χ1n) is 5.47. The largest absolute Gasteiger partial charge is 0.497 e. The molecule has 3 rings (SSSR count). The van der Waals surface area contributed by atoms with E-state index in [2.05, 4.69) is 5.16 Å². The van der Waals surface area contributed by atoms with Gasteiger partial charge < -0.3 is 9.26 Å². The zero-order valence-electron chi connectivity index (χ0n) is 9.68. The highest BCUT2D eigenvalue weighted by Gasteiger charge is 2.10. The second-order valence-electron chi connectivity index (χ2n) is 3.90. The van der Waals surface area contributed by atoms with Crippen molar-refractivity contribution in [3.63, 3.8) is 0 Å². The quantitative estimate of drug-likeness (QED) is 0.693. The molecule has 3 aromatic rings. The summed E-state index contributed by atoms with van der Waals surface area (Å²) in [5.74, 6) is 0.810. The summed E-state index contributed by atoms with van der Waals surface area (Å²) >= 11 is 5.99. The van der Waals surface area contributed by atoms with E-state index in [1.54, 1.807) is 13.2 Å². The number of rotatable bonds is 2. The number of nitrogens with zero attached hydrogens (tertiary/aromatic N) is 1. The molecule has 0 aliphatic heterocycles. The zero-order chi connectivity index (χ0) is 12.5. The van der Waals surface area contributed by atoms with Gasteiger partial charge in [0.1, 0.15) is 11.4 Å². The third-order valence-corrected chi connectivity index (χ3v) is 3.03. The van der Waals surface area contributed by atoms with E-state index < -0.39 is 0 Å². The normalized spacial score (nSPS) is 10.8. The molecule has 0 aliphatic rings. The summed E-state index contributed by atoms with van der Waals surface area (Å²) in [6.07, 6.45) is 0. The van der Waals surface area contributed by atoms with E-state index in [1.807, 2.05) is 36.4 Å². The minimum Gasteiger partial charge on any atom is -0.497 e. The van der Waals surface area contributed by atoms with Crippen LogP contribution in [0.2, 0.25) is 5.02 Å². The predicted molar refractivity (Wildman–Crippen MR) is 71.0 cm³/mol. The Kier molecular flexibility index (Phi) is 2.68. The maximum Gasteiger partial charge on any atom is 0.167 e. The Morgan fingerprint density at radius 3 is 2.61 bits per heavy atom. The summed E-state index contributed by atoms with van der Waals surface area (Å²) in [4.78, 5) is 0. The smallest absolute Gasteiger partial charge is 0.167 e. The van der Waals surface area contributed by atoms with Crippen molar-refractivity contribution in [2.24, 2.45) is 0 Å². The summed E-state index contributed by atoms with van der Waals surface area (Å²) < 4.78 is 10.4. The summed E-state index contributed by atoms with van der Waals surface area (Å²) in [5.41, 5.74) is 2.48. The molecule has 0 aliphatic carbocycles. The lowest BCUT2D eigenvalue weighted by Gasteiger charge is -2.00. The predicted octanol–water partition coefficient (Wildman–Crippen LogP) is 4.16. The van der Waals surface area contributed by atoms with Crippen LogP contribution in [-0.4, -0.2) is 12.3 Å². The first kappa shape index (κ1) is 11.1. The molecule has 0 unspecified atom stereocenters. The molecule has 1 aromatic heterocycles. The lowest BCUT2D eigenvalue weighted by Crippen LogP contribution is -1.83. The van der Waals surface area contributed by atoms with E-state index in [0.29, 0.717) is 5.02 Å². The number of methoxy groups -OCH3 is 1. The number of hydrogen-bond acceptors (Lipinski definition) is 3. The third kappa shape index (κ3) is 1.83. The Balaban J connectivity index is 2.15. The number of aromatic nitrogens is 1. The molecule has 2 aromatic carbocycles. The van der Waals surface area contributed by atoms with Crippen molar-refractivity contribution in [3.05, 3.63) is 47.5 Å². The van der Waals surface area contributed by atoms with Crippen molar-refractivity contribution in [3.8, 4) is 17.0 Å². The molecule has 0 fully saturated rings. The van der Waals surface area contributed by atoms with Gasteiger partial charge in [0, 0.05) is 10.6 Å². The molecule has 4 heteroatoms. The number of ether oxygens (including phenoxy) is 1. The molecule has 0 saturated heterocycles. The van der Waals surface area contributed by atoms with Gasteiger partial charge in [-0.15, -0.1) is 0 Å². The fourth-order valence-electron chi connectivity index (χ4n) is 1.87.